The molecule has 1 aliphatic rings. The number of benzene rings is 1. The van der Waals surface area contributed by atoms with Crippen molar-refractivity contribution in [2.24, 2.45) is 5.92 Å². The molecule has 0 bridgehead atoms. The van der Waals surface area contributed by atoms with Gasteiger partial charge in [-0.25, -0.2) is 0 Å². The highest BCUT2D eigenvalue weighted by Gasteiger charge is 2.29. The van der Waals surface area contributed by atoms with E-state index in [-0.39, 0.29) is 17.5 Å². The molecular weight excluding hydrogens is 310 g/mol. The summed E-state index contributed by atoms with van der Waals surface area (Å²) in [5, 5.41) is 10.9. The molecule has 1 amide bonds. The van der Waals surface area contributed by atoms with Crippen molar-refractivity contribution in [1.82, 2.24) is 4.90 Å². The molecule has 1 heterocycles. The van der Waals surface area contributed by atoms with Gasteiger partial charge in [0, 0.05) is 49.6 Å². The van der Waals surface area contributed by atoms with Crippen LogP contribution in [0.1, 0.15) is 37.0 Å². The number of carbonyl (C=O) groups is 2. The van der Waals surface area contributed by atoms with Crippen LogP contribution in [0.4, 0.5) is 11.4 Å². The van der Waals surface area contributed by atoms with Crippen LogP contribution in [0.25, 0.3) is 0 Å². The lowest BCUT2D eigenvalue weighted by molar-refractivity contribution is -0.384. The second-order valence-corrected chi connectivity index (χ2v) is 5.91. The number of piperidine rings is 1. The van der Waals surface area contributed by atoms with Crippen LogP contribution >= 0.6 is 0 Å². The Morgan fingerprint density at radius 3 is 2.71 bits per heavy atom. The van der Waals surface area contributed by atoms with Crippen LogP contribution in [0.15, 0.2) is 18.2 Å². The first kappa shape index (κ1) is 17.9. The molecule has 130 valence electrons. The number of non-ortho nitro benzene ring substituents is 1. The van der Waals surface area contributed by atoms with Crippen LogP contribution in [-0.4, -0.2) is 48.2 Å². The van der Waals surface area contributed by atoms with Crippen molar-refractivity contribution in [3.8, 4) is 0 Å². The number of carbonyl (C=O) groups excluding carboxylic acids is 2. The molecule has 0 aliphatic carbocycles. The Kier molecular flexibility index (Phi) is 5.89. The number of anilines is 1. The van der Waals surface area contributed by atoms with Gasteiger partial charge < -0.3 is 9.80 Å². The normalized spacial score (nSPS) is 17.4. The molecule has 1 aromatic carbocycles. The van der Waals surface area contributed by atoms with Crippen molar-refractivity contribution in [3.05, 3.63) is 33.9 Å². The van der Waals surface area contributed by atoms with Crippen molar-refractivity contribution in [3.63, 3.8) is 0 Å². The second-order valence-electron chi connectivity index (χ2n) is 5.91. The summed E-state index contributed by atoms with van der Waals surface area (Å²) in [6, 6.07) is 4.29. The SMILES string of the molecule is CCN(CC)C(=O)[C@H]1CCCN(c2ccc([N+](=O)[O-])cc2C=O)C1. The Bertz CT molecular complexity index is 628. The number of hydrogen-bond acceptors (Lipinski definition) is 5. The molecule has 0 N–H and O–H groups in total. The molecule has 2 rings (SSSR count). The molecular formula is C17H23N3O4. The van der Waals surface area contributed by atoms with E-state index in [2.05, 4.69) is 0 Å². The molecule has 7 nitrogen and oxygen atoms in total. The molecule has 24 heavy (non-hydrogen) atoms. The van der Waals surface area contributed by atoms with Crippen molar-refractivity contribution >= 4 is 23.6 Å². The number of rotatable bonds is 6. The summed E-state index contributed by atoms with van der Waals surface area (Å²) in [5.74, 6) is 0.0348. The lowest BCUT2D eigenvalue weighted by atomic mass is 9.95. The number of nitro benzene ring substituents is 1. The van der Waals surface area contributed by atoms with Crippen LogP contribution in [0.3, 0.4) is 0 Å². The smallest absolute Gasteiger partial charge is 0.270 e. The van der Waals surface area contributed by atoms with Crippen LogP contribution in [0, 0.1) is 16.0 Å². The molecule has 1 aliphatic heterocycles. The average molecular weight is 333 g/mol. The maximum absolute atomic E-state index is 12.6. The van der Waals surface area contributed by atoms with Gasteiger partial charge in [-0.15, -0.1) is 0 Å². The highest BCUT2D eigenvalue weighted by molar-refractivity contribution is 5.86. The van der Waals surface area contributed by atoms with E-state index >= 15 is 0 Å². The van der Waals surface area contributed by atoms with Gasteiger partial charge in [0.2, 0.25) is 5.91 Å². The predicted molar refractivity (Wildman–Crippen MR) is 91.3 cm³/mol. The molecule has 1 fully saturated rings. The molecule has 0 unspecified atom stereocenters. The summed E-state index contributed by atoms with van der Waals surface area (Å²) in [6.07, 6.45) is 2.32. The Hall–Kier alpha value is -2.44. The van der Waals surface area contributed by atoms with Gasteiger partial charge in [-0.05, 0) is 32.8 Å². The van der Waals surface area contributed by atoms with Crippen molar-refractivity contribution in [2.75, 3.05) is 31.1 Å². The largest absolute Gasteiger partial charge is 0.370 e. The van der Waals surface area contributed by atoms with Gasteiger partial charge >= 0.3 is 0 Å². The van der Waals surface area contributed by atoms with Crippen LogP contribution < -0.4 is 4.90 Å². The molecule has 1 saturated heterocycles. The van der Waals surface area contributed by atoms with Gasteiger partial charge in [0.1, 0.15) is 0 Å². The highest BCUT2D eigenvalue weighted by atomic mass is 16.6. The minimum absolute atomic E-state index is 0.103. The number of nitrogens with zero attached hydrogens (tertiary/aromatic N) is 3. The lowest BCUT2D eigenvalue weighted by Gasteiger charge is -2.36. The van der Waals surface area contributed by atoms with Gasteiger partial charge in [0.05, 0.1) is 10.8 Å². The molecule has 1 atom stereocenters. The Balaban J connectivity index is 2.22. The number of amides is 1. The van der Waals surface area contributed by atoms with E-state index in [1.165, 1.54) is 12.1 Å². The van der Waals surface area contributed by atoms with E-state index in [9.17, 15) is 19.7 Å². The minimum Gasteiger partial charge on any atom is -0.370 e. The zero-order chi connectivity index (χ0) is 17.7. The first-order chi connectivity index (χ1) is 11.5. The summed E-state index contributed by atoms with van der Waals surface area (Å²) < 4.78 is 0. The van der Waals surface area contributed by atoms with E-state index in [1.807, 2.05) is 23.6 Å². The fourth-order valence-electron chi connectivity index (χ4n) is 3.23. The fourth-order valence-corrected chi connectivity index (χ4v) is 3.23. The zero-order valence-corrected chi connectivity index (χ0v) is 14.1. The summed E-state index contributed by atoms with van der Waals surface area (Å²) in [6.45, 7) is 6.56. The van der Waals surface area contributed by atoms with Crippen LogP contribution in [-0.2, 0) is 4.79 Å². The third-order valence-corrected chi connectivity index (χ3v) is 4.54. The van der Waals surface area contributed by atoms with Crippen molar-refractivity contribution in [1.29, 1.82) is 0 Å². The molecule has 0 radical (unpaired) electrons. The van der Waals surface area contributed by atoms with E-state index in [1.54, 1.807) is 6.07 Å². The van der Waals surface area contributed by atoms with Gasteiger partial charge in [-0.1, -0.05) is 0 Å². The Labute approximate surface area is 141 Å². The molecule has 1 aromatic rings. The summed E-state index contributed by atoms with van der Waals surface area (Å²) in [5.41, 5.74) is 0.849. The standard InChI is InChI=1S/C17H23N3O4/c1-3-18(4-2)17(22)13-6-5-9-19(11-13)16-8-7-15(20(23)24)10-14(16)12-21/h7-8,10,12-13H,3-6,9,11H2,1-2H3/t13-/m0/s1. The number of nitro groups is 1. The average Bonchev–Trinajstić information content (AvgIpc) is 2.62. The van der Waals surface area contributed by atoms with Gasteiger partial charge in [0.25, 0.3) is 5.69 Å². The Morgan fingerprint density at radius 1 is 1.42 bits per heavy atom. The monoisotopic (exact) mass is 333 g/mol. The van der Waals surface area contributed by atoms with Crippen LogP contribution in [0.5, 0.6) is 0 Å². The van der Waals surface area contributed by atoms with E-state index in [4.69, 9.17) is 0 Å². The van der Waals surface area contributed by atoms with Crippen molar-refractivity contribution < 1.29 is 14.5 Å². The number of aldehydes is 1. The zero-order valence-electron chi connectivity index (χ0n) is 14.1. The third kappa shape index (κ3) is 3.72. The Morgan fingerprint density at radius 2 is 2.12 bits per heavy atom. The predicted octanol–water partition coefficient (Wildman–Crippen LogP) is 2.49. The van der Waals surface area contributed by atoms with Gasteiger partial charge in [0.15, 0.2) is 6.29 Å². The molecule has 0 aromatic heterocycles. The third-order valence-electron chi connectivity index (χ3n) is 4.54. The maximum Gasteiger partial charge on any atom is 0.270 e. The van der Waals surface area contributed by atoms with E-state index in [0.29, 0.717) is 37.2 Å². The summed E-state index contributed by atoms with van der Waals surface area (Å²) >= 11 is 0. The quantitative estimate of drug-likeness (QED) is 0.454. The summed E-state index contributed by atoms with van der Waals surface area (Å²) in [7, 11) is 0. The number of hydrogen-bond donors (Lipinski definition) is 0. The maximum atomic E-state index is 12.6. The van der Waals surface area contributed by atoms with Gasteiger partial charge in [-0.3, -0.25) is 19.7 Å². The fraction of sp³-hybridized carbons (Fsp3) is 0.529. The molecule has 0 spiro atoms. The van der Waals surface area contributed by atoms with E-state index < -0.39 is 4.92 Å². The van der Waals surface area contributed by atoms with Gasteiger partial charge in [-0.2, -0.15) is 0 Å². The first-order valence-electron chi connectivity index (χ1n) is 8.29. The lowest BCUT2D eigenvalue weighted by Crippen LogP contribution is -2.45. The highest BCUT2D eigenvalue weighted by Crippen LogP contribution is 2.29. The van der Waals surface area contributed by atoms with Crippen molar-refractivity contribution in [2.45, 2.75) is 26.7 Å². The topological polar surface area (TPSA) is 83.8 Å². The minimum atomic E-state index is -0.514. The molecule has 7 heteroatoms. The van der Waals surface area contributed by atoms with E-state index in [0.717, 1.165) is 19.4 Å². The van der Waals surface area contributed by atoms with Crippen LogP contribution in [0.2, 0.25) is 0 Å². The summed E-state index contributed by atoms with van der Waals surface area (Å²) in [4.78, 5) is 38.1. The first-order valence-corrected chi connectivity index (χ1v) is 8.29. The molecule has 0 saturated carbocycles. The second kappa shape index (κ2) is 7.90.